The van der Waals surface area contributed by atoms with Crippen LogP contribution in [-0.4, -0.2) is 5.78 Å². The molecule has 0 fully saturated rings. The van der Waals surface area contributed by atoms with Crippen molar-refractivity contribution in [3.63, 3.8) is 0 Å². The molecular weight excluding hydrogens is 447 g/mol. The minimum atomic E-state index is -4.38. The number of nitrogens with one attached hydrogen (secondary N) is 1. The number of benzene rings is 3. The third-order valence-corrected chi connectivity index (χ3v) is 6.81. The molecule has 4 rings (SSSR count). The number of fused-ring (bicyclic) bond motifs is 1. The predicted octanol–water partition coefficient (Wildman–Crippen LogP) is 8.58. The van der Waals surface area contributed by atoms with E-state index in [1.165, 1.54) is 23.3 Å². The highest BCUT2D eigenvalue weighted by molar-refractivity contribution is 5.84. The first-order chi connectivity index (χ1) is 16.6. The van der Waals surface area contributed by atoms with E-state index >= 15 is 0 Å². The predicted molar refractivity (Wildman–Crippen MR) is 136 cm³/mol. The molecule has 1 N–H and O–H groups in total. The van der Waals surface area contributed by atoms with Crippen molar-refractivity contribution in [3.8, 4) is 11.1 Å². The molecule has 2 atom stereocenters. The lowest BCUT2D eigenvalue weighted by Gasteiger charge is -2.28. The van der Waals surface area contributed by atoms with Gasteiger partial charge in [-0.05, 0) is 90.6 Å². The summed E-state index contributed by atoms with van der Waals surface area (Å²) in [7, 11) is 0. The lowest BCUT2D eigenvalue weighted by molar-refractivity contribution is -0.137. The van der Waals surface area contributed by atoms with Crippen LogP contribution >= 0.6 is 0 Å². The van der Waals surface area contributed by atoms with Crippen LogP contribution in [0.1, 0.15) is 74.2 Å². The number of hydrogen-bond acceptors (Lipinski definition) is 2. The summed E-state index contributed by atoms with van der Waals surface area (Å²) in [5.74, 6) is 0.168. The van der Waals surface area contributed by atoms with Crippen molar-refractivity contribution in [2.24, 2.45) is 5.92 Å². The molecule has 0 bridgehead atoms. The molecule has 0 aromatic heterocycles. The third kappa shape index (κ3) is 5.95. The van der Waals surface area contributed by atoms with Gasteiger partial charge >= 0.3 is 6.18 Å². The van der Waals surface area contributed by atoms with Crippen molar-refractivity contribution in [2.45, 2.75) is 64.6 Å². The standard InChI is InChI=1S/C30H32F3NO/c1-19(2)15-28(20(3)35)24-16-23(21-11-13-25(14-12-21)30(31,32)33)17-26(18-24)34-29-10-6-8-22-7-4-5-9-27(22)29/h4-5,7,9,11-14,16-19,28-29,34H,6,8,10,15H2,1-3H3. The van der Waals surface area contributed by atoms with Crippen LogP contribution < -0.4 is 5.32 Å². The molecule has 35 heavy (non-hydrogen) atoms. The number of rotatable bonds is 7. The lowest BCUT2D eigenvalue weighted by atomic mass is 9.85. The van der Waals surface area contributed by atoms with Crippen molar-refractivity contribution < 1.29 is 18.0 Å². The fraction of sp³-hybridized carbons (Fsp3) is 0.367. The van der Waals surface area contributed by atoms with Gasteiger partial charge in [0.1, 0.15) is 5.78 Å². The van der Waals surface area contributed by atoms with Crippen LogP contribution in [0.5, 0.6) is 0 Å². The van der Waals surface area contributed by atoms with Crippen LogP contribution in [-0.2, 0) is 17.4 Å². The highest BCUT2D eigenvalue weighted by Gasteiger charge is 2.30. The Kier molecular flexibility index (Phi) is 7.34. The third-order valence-electron chi connectivity index (χ3n) is 6.81. The minimum absolute atomic E-state index is 0.0947. The quantitative estimate of drug-likeness (QED) is 0.368. The van der Waals surface area contributed by atoms with Gasteiger partial charge in [0, 0.05) is 11.6 Å². The van der Waals surface area contributed by atoms with E-state index in [1.54, 1.807) is 6.92 Å². The van der Waals surface area contributed by atoms with E-state index in [2.05, 4.69) is 43.4 Å². The van der Waals surface area contributed by atoms with E-state index in [-0.39, 0.29) is 17.7 Å². The van der Waals surface area contributed by atoms with Gasteiger partial charge in [-0.25, -0.2) is 0 Å². The number of halogens is 3. The van der Waals surface area contributed by atoms with Crippen molar-refractivity contribution in [1.29, 1.82) is 0 Å². The largest absolute Gasteiger partial charge is 0.416 e. The summed E-state index contributed by atoms with van der Waals surface area (Å²) in [5.41, 5.74) is 5.24. The number of ketones is 1. The Labute approximate surface area is 205 Å². The van der Waals surface area contributed by atoms with Crippen LogP contribution in [0.4, 0.5) is 18.9 Å². The van der Waals surface area contributed by atoms with Crippen molar-refractivity contribution in [2.75, 3.05) is 5.32 Å². The molecule has 0 saturated carbocycles. The Balaban J connectivity index is 1.75. The second-order valence-electron chi connectivity index (χ2n) is 10.00. The second kappa shape index (κ2) is 10.3. The maximum atomic E-state index is 13.1. The van der Waals surface area contributed by atoms with E-state index in [4.69, 9.17) is 0 Å². The van der Waals surface area contributed by atoms with Gasteiger partial charge in [-0.1, -0.05) is 56.3 Å². The molecule has 0 heterocycles. The maximum Gasteiger partial charge on any atom is 0.416 e. The normalized spacial score (nSPS) is 16.6. The van der Waals surface area contributed by atoms with Crippen LogP contribution in [0, 0.1) is 5.92 Å². The van der Waals surface area contributed by atoms with Crippen molar-refractivity contribution in [1.82, 2.24) is 0 Å². The number of aryl methyl sites for hydroxylation is 1. The summed E-state index contributed by atoms with van der Waals surface area (Å²) in [4.78, 5) is 12.6. The van der Waals surface area contributed by atoms with Gasteiger partial charge < -0.3 is 5.32 Å². The highest BCUT2D eigenvalue weighted by Crippen LogP contribution is 2.37. The van der Waals surface area contributed by atoms with Crippen LogP contribution in [0.3, 0.4) is 0 Å². The van der Waals surface area contributed by atoms with Gasteiger partial charge in [-0.2, -0.15) is 13.2 Å². The van der Waals surface area contributed by atoms with E-state index in [0.29, 0.717) is 11.5 Å². The fourth-order valence-electron chi connectivity index (χ4n) is 5.07. The lowest BCUT2D eigenvalue weighted by Crippen LogP contribution is -2.18. The Hall–Kier alpha value is -3.08. The first-order valence-corrected chi connectivity index (χ1v) is 12.3. The molecule has 1 aliphatic rings. The van der Waals surface area contributed by atoms with Gasteiger partial charge in [0.15, 0.2) is 0 Å². The number of carbonyl (C=O) groups excluding carboxylic acids is 1. The first-order valence-electron chi connectivity index (χ1n) is 12.3. The Morgan fingerprint density at radius 3 is 2.37 bits per heavy atom. The van der Waals surface area contributed by atoms with E-state index in [1.807, 2.05) is 18.2 Å². The average molecular weight is 480 g/mol. The zero-order valence-corrected chi connectivity index (χ0v) is 20.5. The summed E-state index contributed by atoms with van der Waals surface area (Å²) < 4.78 is 39.3. The first kappa shape index (κ1) is 25.0. The molecule has 5 heteroatoms. The fourth-order valence-corrected chi connectivity index (χ4v) is 5.07. The Morgan fingerprint density at radius 1 is 1.00 bits per heavy atom. The molecule has 3 aromatic carbocycles. The summed E-state index contributed by atoms with van der Waals surface area (Å²) in [6.45, 7) is 5.80. The molecular formula is C30H32F3NO. The molecule has 3 aromatic rings. The van der Waals surface area contributed by atoms with E-state index < -0.39 is 11.7 Å². The molecule has 2 unspecified atom stereocenters. The zero-order chi connectivity index (χ0) is 25.2. The monoisotopic (exact) mass is 479 g/mol. The van der Waals surface area contributed by atoms with Crippen molar-refractivity contribution >= 4 is 11.5 Å². The number of hydrogen-bond donors (Lipinski definition) is 1. The summed E-state index contributed by atoms with van der Waals surface area (Å²) in [5, 5.41) is 3.68. The van der Waals surface area contributed by atoms with E-state index in [0.717, 1.165) is 54.6 Å². The number of carbonyl (C=O) groups is 1. The summed E-state index contributed by atoms with van der Waals surface area (Å²) in [6, 6.07) is 19.8. The zero-order valence-electron chi connectivity index (χ0n) is 20.5. The summed E-state index contributed by atoms with van der Waals surface area (Å²) >= 11 is 0. The van der Waals surface area contributed by atoms with Crippen molar-refractivity contribution in [3.05, 3.63) is 89.0 Å². The van der Waals surface area contributed by atoms with Gasteiger partial charge in [0.05, 0.1) is 11.6 Å². The van der Waals surface area contributed by atoms with Gasteiger partial charge in [-0.15, -0.1) is 0 Å². The van der Waals surface area contributed by atoms with Crippen LogP contribution in [0.15, 0.2) is 66.7 Å². The molecule has 0 amide bonds. The highest BCUT2D eigenvalue weighted by atomic mass is 19.4. The topological polar surface area (TPSA) is 29.1 Å². The van der Waals surface area contributed by atoms with Gasteiger partial charge in [-0.3, -0.25) is 4.79 Å². The van der Waals surface area contributed by atoms with Crippen LogP contribution in [0.2, 0.25) is 0 Å². The maximum absolute atomic E-state index is 13.1. The SMILES string of the molecule is CC(=O)C(CC(C)C)c1cc(NC2CCCc3ccccc32)cc(-c2ccc(C(F)(F)F)cc2)c1. The van der Waals surface area contributed by atoms with Crippen LogP contribution in [0.25, 0.3) is 11.1 Å². The Bertz CT molecular complexity index is 1180. The number of Topliss-reactive ketones (excluding diaryl/α,β-unsaturated/α-hetero) is 1. The average Bonchev–Trinajstić information content (AvgIpc) is 2.82. The number of alkyl halides is 3. The van der Waals surface area contributed by atoms with E-state index in [9.17, 15) is 18.0 Å². The second-order valence-corrected chi connectivity index (χ2v) is 10.00. The van der Waals surface area contributed by atoms with Gasteiger partial charge in [0.25, 0.3) is 0 Å². The minimum Gasteiger partial charge on any atom is -0.378 e. The molecule has 0 spiro atoms. The molecule has 0 radical (unpaired) electrons. The summed E-state index contributed by atoms with van der Waals surface area (Å²) in [6.07, 6.45) is -0.509. The molecule has 0 saturated heterocycles. The van der Waals surface area contributed by atoms with Gasteiger partial charge in [0.2, 0.25) is 0 Å². The molecule has 0 aliphatic heterocycles. The molecule has 1 aliphatic carbocycles. The molecule has 184 valence electrons. The molecule has 2 nitrogen and oxygen atoms in total. The Morgan fingerprint density at radius 2 is 1.71 bits per heavy atom. The smallest absolute Gasteiger partial charge is 0.378 e. The number of anilines is 1.